The lowest BCUT2D eigenvalue weighted by Gasteiger charge is -2.15. The highest BCUT2D eigenvalue weighted by atomic mass is 15.1. The Kier molecular flexibility index (Phi) is 2.73. The van der Waals surface area contributed by atoms with Gasteiger partial charge in [-0.1, -0.05) is 12.1 Å². The predicted molar refractivity (Wildman–Crippen MR) is 60.7 cm³/mol. The highest BCUT2D eigenvalue weighted by molar-refractivity contribution is 5.46. The van der Waals surface area contributed by atoms with Crippen LogP contribution >= 0.6 is 0 Å². The third-order valence-electron chi connectivity index (χ3n) is 2.87. The van der Waals surface area contributed by atoms with Crippen LogP contribution in [0, 0.1) is 0 Å². The van der Waals surface area contributed by atoms with Gasteiger partial charge in [-0.3, -0.25) is 0 Å². The minimum atomic E-state index is 0.589. The molecule has 1 aromatic carbocycles. The normalized spacial score (nSPS) is 21.1. The average Bonchev–Trinajstić information content (AvgIpc) is 2.71. The van der Waals surface area contributed by atoms with Crippen molar-refractivity contribution in [3.8, 4) is 0 Å². The molecule has 2 heteroatoms. The number of anilines is 1. The minimum Gasteiger partial charge on any atom is -0.378 e. The molecule has 0 unspecified atom stereocenters. The van der Waals surface area contributed by atoms with Gasteiger partial charge in [0.05, 0.1) is 0 Å². The molecule has 2 rings (SSSR count). The van der Waals surface area contributed by atoms with Gasteiger partial charge in [0.2, 0.25) is 0 Å². The van der Waals surface area contributed by atoms with Crippen LogP contribution in [0.15, 0.2) is 24.3 Å². The fourth-order valence-electron chi connectivity index (χ4n) is 1.97. The Bertz CT molecular complexity index is 284. The quantitative estimate of drug-likeness (QED) is 0.769. The second-order valence-corrected chi connectivity index (χ2v) is 4.13. The van der Waals surface area contributed by atoms with Crippen molar-refractivity contribution in [2.75, 3.05) is 25.5 Å². The van der Waals surface area contributed by atoms with Gasteiger partial charge in [0.1, 0.15) is 0 Å². The molecule has 76 valence electrons. The Labute approximate surface area is 85.9 Å². The molecule has 1 aliphatic heterocycles. The van der Waals surface area contributed by atoms with Crippen molar-refractivity contribution >= 4 is 5.69 Å². The number of benzene rings is 1. The molecule has 14 heavy (non-hydrogen) atoms. The van der Waals surface area contributed by atoms with Crippen LogP contribution < -0.4 is 10.2 Å². The van der Waals surface area contributed by atoms with Crippen LogP contribution in [-0.4, -0.2) is 20.6 Å². The summed E-state index contributed by atoms with van der Waals surface area (Å²) in [6, 6.07) is 9.44. The summed E-state index contributed by atoms with van der Waals surface area (Å²) in [6.45, 7) is 1.17. The number of nitrogens with one attached hydrogen (secondary N) is 1. The summed E-state index contributed by atoms with van der Waals surface area (Å²) >= 11 is 0. The van der Waals surface area contributed by atoms with Gasteiger partial charge in [0.15, 0.2) is 0 Å². The van der Waals surface area contributed by atoms with Gasteiger partial charge in [-0.05, 0) is 37.1 Å². The van der Waals surface area contributed by atoms with Gasteiger partial charge in [-0.2, -0.15) is 0 Å². The highest BCUT2D eigenvalue weighted by Gasteiger charge is 2.15. The summed E-state index contributed by atoms with van der Waals surface area (Å²) in [5.41, 5.74) is 2.69. The predicted octanol–water partition coefficient (Wildman–Crippen LogP) is 2.18. The van der Waals surface area contributed by atoms with Crippen molar-refractivity contribution in [1.82, 2.24) is 5.32 Å². The van der Waals surface area contributed by atoms with Crippen LogP contribution in [0.3, 0.4) is 0 Å². The first kappa shape index (κ1) is 9.53. The van der Waals surface area contributed by atoms with Gasteiger partial charge in [-0.25, -0.2) is 0 Å². The lowest BCUT2D eigenvalue weighted by Crippen LogP contribution is -2.13. The summed E-state index contributed by atoms with van der Waals surface area (Å²) in [4.78, 5) is 2.13. The summed E-state index contributed by atoms with van der Waals surface area (Å²) in [5.74, 6) is 0. The first-order chi connectivity index (χ1) is 6.77. The van der Waals surface area contributed by atoms with E-state index in [1.54, 1.807) is 0 Å². The van der Waals surface area contributed by atoms with Crippen LogP contribution in [0.4, 0.5) is 5.69 Å². The molecule has 1 atom stereocenters. The maximum absolute atomic E-state index is 3.51. The Morgan fingerprint density at radius 2 is 1.93 bits per heavy atom. The lowest BCUT2D eigenvalue weighted by molar-refractivity contribution is 0.648. The van der Waals surface area contributed by atoms with Crippen LogP contribution in [0.5, 0.6) is 0 Å². The number of hydrogen-bond acceptors (Lipinski definition) is 2. The zero-order valence-electron chi connectivity index (χ0n) is 8.96. The van der Waals surface area contributed by atoms with E-state index in [4.69, 9.17) is 0 Å². The Balaban J connectivity index is 2.12. The molecular formula is C12H18N2. The molecule has 0 amide bonds. The van der Waals surface area contributed by atoms with Crippen LogP contribution in [0.1, 0.15) is 24.4 Å². The average molecular weight is 190 g/mol. The van der Waals surface area contributed by atoms with E-state index in [2.05, 4.69) is 48.6 Å². The van der Waals surface area contributed by atoms with Gasteiger partial charge in [-0.15, -0.1) is 0 Å². The van der Waals surface area contributed by atoms with Crippen LogP contribution in [-0.2, 0) is 0 Å². The van der Waals surface area contributed by atoms with Gasteiger partial charge in [0.25, 0.3) is 0 Å². The molecule has 1 N–H and O–H groups in total. The van der Waals surface area contributed by atoms with Crippen LogP contribution in [0.25, 0.3) is 0 Å². The highest BCUT2D eigenvalue weighted by Crippen LogP contribution is 2.24. The van der Waals surface area contributed by atoms with E-state index in [-0.39, 0.29) is 0 Å². The molecule has 0 aliphatic carbocycles. The number of nitrogens with zero attached hydrogens (tertiary/aromatic N) is 1. The lowest BCUT2D eigenvalue weighted by atomic mass is 10.1. The molecule has 0 radical (unpaired) electrons. The van der Waals surface area contributed by atoms with Gasteiger partial charge in [0, 0.05) is 25.8 Å². The number of hydrogen-bond donors (Lipinski definition) is 1. The Hall–Kier alpha value is -1.02. The summed E-state index contributed by atoms with van der Waals surface area (Å²) in [7, 11) is 4.14. The maximum Gasteiger partial charge on any atom is 0.0361 e. The molecule has 1 aliphatic rings. The van der Waals surface area contributed by atoms with Crippen molar-refractivity contribution in [3.63, 3.8) is 0 Å². The number of rotatable bonds is 2. The van der Waals surface area contributed by atoms with E-state index in [9.17, 15) is 0 Å². The molecule has 1 saturated heterocycles. The first-order valence-electron chi connectivity index (χ1n) is 5.28. The molecule has 1 heterocycles. The van der Waals surface area contributed by atoms with E-state index in [1.807, 2.05) is 0 Å². The van der Waals surface area contributed by atoms with Crippen molar-refractivity contribution in [2.24, 2.45) is 0 Å². The molecule has 2 nitrogen and oxygen atoms in total. The largest absolute Gasteiger partial charge is 0.378 e. The molecule has 0 spiro atoms. The van der Waals surface area contributed by atoms with E-state index >= 15 is 0 Å². The Morgan fingerprint density at radius 1 is 1.21 bits per heavy atom. The molecule has 0 aromatic heterocycles. The Morgan fingerprint density at radius 3 is 2.43 bits per heavy atom. The first-order valence-corrected chi connectivity index (χ1v) is 5.28. The van der Waals surface area contributed by atoms with Gasteiger partial charge < -0.3 is 10.2 Å². The zero-order chi connectivity index (χ0) is 9.97. The monoisotopic (exact) mass is 190 g/mol. The summed E-state index contributed by atoms with van der Waals surface area (Å²) in [6.07, 6.45) is 2.58. The molecule has 1 aromatic rings. The van der Waals surface area contributed by atoms with E-state index < -0.39 is 0 Å². The van der Waals surface area contributed by atoms with Gasteiger partial charge >= 0.3 is 0 Å². The fourth-order valence-corrected chi connectivity index (χ4v) is 1.97. The summed E-state index contributed by atoms with van der Waals surface area (Å²) in [5, 5.41) is 3.51. The third-order valence-corrected chi connectivity index (χ3v) is 2.87. The van der Waals surface area contributed by atoms with Crippen molar-refractivity contribution < 1.29 is 0 Å². The van der Waals surface area contributed by atoms with Crippen molar-refractivity contribution in [2.45, 2.75) is 18.9 Å². The summed E-state index contributed by atoms with van der Waals surface area (Å²) < 4.78 is 0. The van der Waals surface area contributed by atoms with Crippen molar-refractivity contribution in [3.05, 3.63) is 29.8 Å². The molecule has 1 fully saturated rings. The topological polar surface area (TPSA) is 15.3 Å². The third kappa shape index (κ3) is 1.90. The van der Waals surface area contributed by atoms with Crippen LogP contribution in [0.2, 0.25) is 0 Å². The molecule has 0 saturated carbocycles. The molecular weight excluding hydrogens is 172 g/mol. The standard InChI is InChI=1S/C12H18N2/c1-14(2)11-7-5-10(6-8-11)12-4-3-9-13-12/h5-8,12-13H,3-4,9H2,1-2H3/t12-/m1/s1. The van der Waals surface area contributed by atoms with E-state index in [0.717, 1.165) is 0 Å². The van der Waals surface area contributed by atoms with E-state index in [1.165, 1.54) is 30.6 Å². The van der Waals surface area contributed by atoms with Crippen molar-refractivity contribution in [1.29, 1.82) is 0 Å². The fraction of sp³-hybridized carbons (Fsp3) is 0.500. The second-order valence-electron chi connectivity index (χ2n) is 4.13. The smallest absolute Gasteiger partial charge is 0.0361 e. The maximum atomic E-state index is 3.51. The van der Waals surface area contributed by atoms with E-state index in [0.29, 0.717) is 6.04 Å². The molecule has 0 bridgehead atoms. The second kappa shape index (κ2) is 4.01. The SMILES string of the molecule is CN(C)c1ccc([C@H]2CCCN2)cc1. The zero-order valence-corrected chi connectivity index (χ0v) is 8.96. The minimum absolute atomic E-state index is 0.589.